The van der Waals surface area contributed by atoms with Crippen molar-refractivity contribution in [3.05, 3.63) is 0 Å². The summed E-state index contributed by atoms with van der Waals surface area (Å²) >= 11 is 0. The van der Waals surface area contributed by atoms with Crippen molar-refractivity contribution in [2.24, 2.45) is 33.7 Å². The molecule has 2 heterocycles. The van der Waals surface area contributed by atoms with Crippen molar-refractivity contribution in [1.82, 2.24) is 31.9 Å². The minimum absolute atomic E-state index is 0.0987. The molecule has 0 aromatic heterocycles. The van der Waals surface area contributed by atoms with Crippen LogP contribution in [0.3, 0.4) is 0 Å². The molecular formula is C32H62N12O11. The van der Waals surface area contributed by atoms with E-state index in [0.29, 0.717) is 51.7 Å². The molecule has 20 N–H and O–H groups in total. The van der Waals surface area contributed by atoms with Crippen LogP contribution in [0.25, 0.3) is 0 Å². The molecule has 0 aliphatic carbocycles. The van der Waals surface area contributed by atoms with Gasteiger partial charge in [-0.2, -0.15) is 0 Å². The normalized spacial score (nSPS) is 25.7. The molecule has 0 unspecified atom stereocenters. The molecule has 0 bridgehead atoms. The first kappa shape index (κ1) is 47.2. The van der Waals surface area contributed by atoms with Gasteiger partial charge in [-0.25, -0.2) is 14.6 Å². The molecule has 1 saturated heterocycles. The second kappa shape index (κ2) is 24.5. The number of primary amides is 1. The number of carbonyl (C=O) groups excluding carboxylic acids is 4. The number of aliphatic hydroxyl groups is 3. The molecule has 23 heteroatoms. The van der Waals surface area contributed by atoms with Crippen LogP contribution >= 0.6 is 0 Å². The van der Waals surface area contributed by atoms with E-state index in [1.54, 1.807) is 7.05 Å². The number of carboxylic acids is 1. The van der Waals surface area contributed by atoms with E-state index in [1.165, 1.54) is 0 Å². The largest absolute Gasteiger partial charge is 0.480 e. The SMILES string of the molecule is CN[C@@H](CCCNC(=O)C[C@@H](N)CCCNC(=O)C[C@@H](N)CCCN)CC(=O)N[C@@H]1[C@H](O)[C@@H](OC(N)=O)[C@@H](CO)O[C@H]1NC1=N[C@H]([C@H](O)CN)[C@@H](C(=O)O)N1. The molecule has 2 aliphatic rings. The van der Waals surface area contributed by atoms with Crippen molar-refractivity contribution in [2.45, 2.75) is 125 Å². The molecule has 23 nitrogen and oxygen atoms in total. The highest BCUT2D eigenvalue weighted by molar-refractivity contribution is 5.90. The van der Waals surface area contributed by atoms with Gasteiger partial charge in [-0.1, -0.05) is 0 Å². The van der Waals surface area contributed by atoms with Crippen molar-refractivity contribution < 1.29 is 53.9 Å². The standard InChI is InChI=1S/C32H62N12O11/c1-38-18(7-4-10-40-22(48)12-17(36)6-3-9-39-21(47)11-16(35)5-2-8-33)13-23(49)41-26-27(50)28(55-31(37)53)20(15-45)54-29(26)44-32-42-24(19(46)14-34)25(43-32)30(51)52/h16-20,24-29,38,45-46,50H,2-15,33-36H2,1H3,(H2,37,53)(H,39,47)(H,40,48)(H,41,49)(H,51,52)(H2,42,43,44)/t16-,17-,18-,19+,20+,24+,25-,26+,27-,28-,29+/m0/s1. The first-order valence-corrected chi connectivity index (χ1v) is 18.5. The summed E-state index contributed by atoms with van der Waals surface area (Å²) in [6.45, 7) is 0.235. The maximum atomic E-state index is 13.3. The van der Waals surface area contributed by atoms with Crippen LogP contribution in [-0.2, 0) is 28.7 Å². The molecule has 0 spiro atoms. The Morgan fingerprint density at radius 1 is 0.945 bits per heavy atom. The van der Waals surface area contributed by atoms with Crippen LogP contribution in [0.2, 0.25) is 0 Å². The van der Waals surface area contributed by atoms with Crippen LogP contribution in [0.4, 0.5) is 4.79 Å². The second-order valence-electron chi connectivity index (χ2n) is 13.7. The maximum absolute atomic E-state index is 13.3. The first-order valence-electron chi connectivity index (χ1n) is 18.5. The average Bonchev–Trinajstić information content (AvgIpc) is 3.56. The van der Waals surface area contributed by atoms with Gasteiger partial charge in [0.15, 0.2) is 24.3 Å². The van der Waals surface area contributed by atoms with E-state index in [-0.39, 0.29) is 55.7 Å². The lowest BCUT2D eigenvalue weighted by Gasteiger charge is -2.44. The number of carbonyl (C=O) groups is 5. The predicted octanol–water partition coefficient (Wildman–Crippen LogP) is -6.35. The topological polar surface area (TPSA) is 399 Å². The van der Waals surface area contributed by atoms with Gasteiger partial charge in [-0.15, -0.1) is 0 Å². The van der Waals surface area contributed by atoms with Crippen LogP contribution in [0, 0.1) is 0 Å². The number of aliphatic hydroxyl groups excluding tert-OH is 3. The summed E-state index contributed by atoms with van der Waals surface area (Å²) in [6, 6.07) is -4.92. The summed E-state index contributed by atoms with van der Waals surface area (Å²) < 4.78 is 10.8. The third-order valence-electron chi connectivity index (χ3n) is 9.21. The Morgan fingerprint density at radius 3 is 2.07 bits per heavy atom. The third-order valence-corrected chi connectivity index (χ3v) is 9.21. The number of nitrogens with two attached hydrogens (primary N) is 5. The minimum Gasteiger partial charge on any atom is -0.480 e. The lowest BCUT2D eigenvalue weighted by atomic mass is 9.95. The molecule has 2 rings (SSSR count). The molecule has 316 valence electrons. The Hall–Kier alpha value is -3.94. The predicted molar refractivity (Wildman–Crippen MR) is 198 cm³/mol. The molecule has 2 aliphatic heterocycles. The molecule has 55 heavy (non-hydrogen) atoms. The molecule has 0 aromatic rings. The molecule has 0 aromatic carbocycles. The van der Waals surface area contributed by atoms with Gasteiger partial charge in [0.05, 0.1) is 12.7 Å². The number of aliphatic carboxylic acids is 1. The van der Waals surface area contributed by atoms with E-state index in [4.69, 9.17) is 38.1 Å². The molecule has 1 fully saturated rings. The number of nitrogens with one attached hydrogen (secondary N) is 6. The lowest BCUT2D eigenvalue weighted by Crippen LogP contribution is -2.69. The van der Waals surface area contributed by atoms with E-state index < -0.39 is 79.4 Å². The smallest absolute Gasteiger partial charge is 0.404 e. The number of aliphatic imine (C=N–C) groups is 1. The number of amides is 4. The first-order chi connectivity index (χ1) is 26.1. The zero-order valence-corrected chi connectivity index (χ0v) is 31.2. The number of guanidine groups is 1. The number of carboxylic acid groups (broad SMARTS) is 1. The van der Waals surface area contributed by atoms with Crippen LogP contribution < -0.4 is 60.6 Å². The Bertz CT molecular complexity index is 1270. The second-order valence-corrected chi connectivity index (χ2v) is 13.7. The minimum atomic E-state index is -1.67. The summed E-state index contributed by atoms with van der Waals surface area (Å²) in [5.41, 5.74) is 28.2. The van der Waals surface area contributed by atoms with E-state index in [1.807, 2.05) is 0 Å². The summed E-state index contributed by atoms with van der Waals surface area (Å²) in [5.74, 6) is -2.44. The number of rotatable bonds is 25. The van der Waals surface area contributed by atoms with Crippen molar-refractivity contribution in [2.75, 3.05) is 39.8 Å². The molecule has 0 saturated carbocycles. The zero-order valence-electron chi connectivity index (χ0n) is 31.2. The summed E-state index contributed by atoms with van der Waals surface area (Å²) in [5, 5.41) is 57.6. The number of nitrogens with zero attached hydrogens (tertiary/aromatic N) is 1. The van der Waals surface area contributed by atoms with Crippen molar-refractivity contribution in [1.29, 1.82) is 0 Å². The van der Waals surface area contributed by atoms with Gasteiger partial charge in [0.2, 0.25) is 17.7 Å². The van der Waals surface area contributed by atoms with Gasteiger partial charge >= 0.3 is 12.1 Å². The highest BCUT2D eigenvalue weighted by atomic mass is 16.6. The van der Waals surface area contributed by atoms with Gasteiger partial charge in [0.1, 0.15) is 24.3 Å². The van der Waals surface area contributed by atoms with Gasteiger partial charge in [0.25, 0.3) is 0 Å². The van der Waals surface area contributed by atoms with E-state index in [9.17, 15) is 44.4 Å². The Morgan fingerprint density at radius 2 is 1.55 bits per heavy atom. The molecule has 0 radical (unpaired) electrons. The van der Waals surface area contributed by atoms with Crippen LogP contribution in [0.15, 0.2) is 4.99 Å². The van der Waals surface area contributed by atoms with Crippen molar-refractivity contribution in [3.63, 3.8) is 0 Å². The van der Waals surface area contributed by atoms with Gasteiger partial charge in [-0.05, 0) is 52.1 Å². The van der Waals surface area contributed by atoms with Crippen molar-refractivity contribution in [3.8, 4) is 0 Å². The monoisotopic (exact) mass is 790 g/mol. The Kier molecular flexibility index (Phi) is 21.1. The van der Waals surface area contributed by atoms with E-state index in [0.717, 1.165) is 6.42 Å². The van der Waals surface area contributed by atoms with Crippen LogP contribution in [-0.4, -0.2) is 163 Å². The summed E-state index contributed by atoms with van der Waals surface area (Å²) in [7, 11) is 1.65. The molecule has 4 amide bonds. The van der Waals surface area contributed by atoms with Gasteiger partial charge in [0, 0.05) is 57.0 Å². The van der Waals surface area contributed by atoms with Crippen LogP contribution in [0.1, 0.15) is 57.8 Å². The third kappa shape index (κ3) is 16.4. The van der Waals surface area contributed by atoms with Gasteiger partial charge < -0.3 is 90.5 Å². The van der Waals surface area contributed by atoms with Crippen molar-refractivity contribution >= 4 is 35.7 Å². The fourth-order valence-electron chi connectivity index (χ4n) is 6.22. The summed E-state index contributed by atoms with van der Waals surface area (Å²) in [6.07, 6.45) is -4.69. The Labute approximate surface area is 319 Å². The fourth-order valence-corrected chi connectivity index (χ4v) is 6.22. The lowest BCUT2D eigenvalue weighted by molar-refractivity contribution is -0.198. The van der Waals surface area contributed by atoms with E-state index >= 15 is 0 Å². The Balaban J connectivity index is 1.89. The zero-order chi connectivity index (χ0) is 41.1. The van der Waals surface area contributed by atoms with Gasteiger partial charge in [-0.3, -0.25) is 14.4 Å². The quantitative estimate of drug-likeness (QED) is 0.0382. The maximum Gasteiger partial charge on any atom is 0.404 e. The van der Waals surface area contributed by atoms with Crippen LogP contribution in [0.5, 0.6) is 0 Å². The van der Waals surface area contributed by atoms with E-state index in [2.05, 4.69) is 36.9 Å². The summed E-state index contributed by atoms with van der Waals surface area (Å²) in [4.78, 5) is 65.3. The highest BCUT2D eigenvalue weighted by Crippen LogP contribution is 2.24. The number of hydrogen-bond donors (Lipinski definition) is 15. The molecule has 11 atom stereocenters. The number of hydrogen-bond acceptors (Lipinski definition) is 18. The molecular weight excluding hydrogens is 728 g/mol. The average molecular weight is 791 g/mol. The fraction of sp³-hybridized carbons (Fsp3) is 0.812. The highest BCUT2D eigenvalue weighted by Gasteiger charge is 2.49. The number of ether oxygens (including phenoxy) is 2.